The first-order valence-corrected chi connectivity index (χ1v) is 7.54. The van der Waals surface area contributed by atoms with Crippen LogP contribution in [-0.2, 0) is 0 Å². The summed E-state index contributed by atoms with van der Waals surface area (Å²) < 4.78 is 11.5. The molecule has 1 N–H and O–H groups in total. The van der Waals surface area contributed by atoms with Gasteiger partial charge in [-0.25, -0.2) is 0 Å². The molecule has 2 aromatic rings. The lowest BCUT2D eigenvalue weighted by Gasteiger charge is -2.12. The molecule has 1 heterocycles. The Hall–Kier alpha value is -1.49. The summed E-state index contributed by atoms with van der Waals surface area (Å²) in [7, 11) is 1.59. The molecule has 20 heavy (non-hydrogen) atoms. The molecule has 1 aliphatic carbocycles. The average Bonchev–Trinajstić information content (AvgIpc) is 3.05. The van der Waals surface area contributed by atoms with Crippen molar-refractivity contribution in [2.45, 2.75) is 31.7 Å². The van der Waals surface area contributed by atoms with Crippen LogP contribution in [0, 0.1) is 0 Å². The fraction of sp³-hybridized carbons (Fsp3) is 0.400. The molecule has 3 rings (SSSR count). The number of halogens is 1. The van der Waals surface area contributed by atoms with Crippen LogP contribution < -0.4 is 10.1 Å². The van der Waals surface area contributed by atoms with E-state index in [1.807, 2.05) is 6.07 Å². The van der Waals surface area contributed by atoms with Gasteiger partial charge in [0.15, 0.2) is 4.67 Å². The van der Waals surface area contributed by atoms with Crippen molar-refractivity contribution in [1.82, 2.24) is 5.32 Å². The van der Waals surface area contributed by atoms with E-state index < -0.39 is 0 Å². The number of methoxy groups -OCH3 is 1. The summed E-state index contributed by atoms with van der Waals surface area (Å²) in [5.41, 5.74) is 1.22. The predicted octanol–water partition coefficient (Wildman–Crippen LogP) is 3.88. The normalized spacial score (nSPS) is 15.7. The van der Waals surface area contributed by atoms with Crippen molar-refractivity contribution in [2.24, 2.45) is 0 Å². The van der Waals surface area contributed by atoms with E-state index in [0.717, 1.165) is 18.2 Å². The Morgan fingerprint density at radius 1 is 1.35 bits per heavy atom. The Kier molecular flexibility index (Phi) is 3.70. The maximum absolute atomic E-state index is 12.3. The number of fused-ring (bicyclic) bond motifs is 1. The minimum Gasteiger partial charge on any atom is -0.496 e. The molecule has 0 saturated heterocycles. The Bertz CT molecular complexity index is 644. The van der Waals surface area contributed by atoms with Crippen LogP contribution in [0.2, 0.25) is 0 Å². The number of rotatable bonds is 3. The number of furan rings is 1. The van der Waals surface area contributed by atoms with Gasteiger partial charge in [0.05, 0.1) is 12.5 Å². The molecule has 0 spiro atoms. The lowest BCUT2D eigenvalue weighted by atomic mass is 10.1. The smallest absolute Gasteiger partial charge is 0.251 e. The van der Waals surface area contributed by atoms with Crippen molar-refractivity contribution in [3.63, 3.8) is 0 Å². The molecule has 0 unspecified atom stereocenters. The first kappa shape index (κ1) is 13.5. The van der Waals surface area contributed by atoms with Gasteiger partial charge >= 0.3 is 0 Å². The lowest BCUT2D eigenvalue weighted by molar-refractivity contribution is 0.0937. The fourth-order valence-electron chi connectivity index (χ4n) is 2.71. The maximum Gasteiger partial charge on any atom is 0.251 e. The second kappa shape index (κ2) is 5.48. The molecule has 1 saturated carbocycles. The molecule has 5 heteroatoms. The molecule has 1 fully saturated rings. The quantitative estimate of drug-likeness (QED) is 0.924. The Labute approximate surface area is 125 Å². The average molecular weight is 338 g/mol. The number of ether oxygens (including phenoxy) is 1. The van der Waals surface area contributed by atoms with Gasteiger partial charge in [-0.2, -0.15) is 0 Å². The van der Waals surface area contributed by atoms with E-state index in [9.17, 15) is 4.79 Å². The van der Waals surface area contributed by atoms with E-state index in [1.165, 1.54) is 12.8 Å². The Balaban J connectivity index is 1.92. The van der Waals surface area contributed by atoms with Gasteiger partial charge in [0.2, 0.25) is 0 Å². The number of benzene rings is 1. The fourth-order valence-corrected chi connectivity index (χ4v) is 3.12. The van der Waals surface area contributed by atoms with Crippen molar-refractivity contribution < 1.29 is 13.9 Å². The number of amides is 1. The minimum atomic E-state index is -0.0652. The van der Waals surface area contributed by atoms with Gasteiger partial charge < -0.3 is 14.5 Å². The van der Waals surface area contributed by atoms with Crippen molar-refractivity contribution >= 4 is 32.8 Å². The number of nitrogens with one attached hydrogen (secondary N) is 1. The van der Waals surface area contributed by atoms with Crippen molar-refractivity contribution in [3.8, 4) is 5.75 Å². The zero-order chi connectivity index (χ0) is 14.1. The van der Waals surface area contributed by atoms with Gasteiger partial charge in [-0.05, 0) is 40.9 Å². The van der Waals surface area contributed by atoms with Crippen LogP contribution in [0.3, 0.4) is 0 Å². The summed E-state index contributed by atoms with van der Waals surface area (Å²) in [6, 6.07) is 5.65. The molecule has 0 radical (unpaired) electrons. The van der Waals surface area contributed by atoms with Crippen molar-refractivity contribution in [1.29, 1.82) is 0 Å². The van der Waals surface area contributed by atoms with E-state index in [-0.39, 0.29) is 5.91 Å². The topological polar surface area (TPSA) is 51.5 Å². The van der Waals surface area contributed by atoms with E-state index in [0.29, 0.717) is 27.6 Å². The van der Waals surface area contributed by atoms with Gasteiger partial charge in [0, 0.05) is 17.7 Å². The zero-order valence-corrected chi connectivity index (χ0v) is 12.8. The number of carbonyl (C=O) groups is 1. The molecular formula is C15H16BrNO3. The maximum atomic E-state index is 12.3. The molecule has 0 bridgehead atoms. The molecule has 1 aromatic carbocycles. The van der Waals surface area contributed by atoms with Gasteiger partial charge in [-0.3, -0.25) is 4.79 Å². The van der Waals surface area contributed by atoms with Crippen LogP contribution in [0.15, 0.2) is 27.3 Å². The third kappa shape index (κ3) is 2.54. The first-order chi connectivity index (χ1) is 9.67. The van der Waals surface area contributed by atoms with Crippen LogP contribution >= 0.6 is 15.9 Å². The van der Waals surface area contributed by atoms with Gasteiger partial charge in [-0.1, -0.05) is 12.8 Å². The molecule has 1 aromatic heterocycles. The van der Waals surface area contributed by atoms with Gasteiger partial charge in [0.1, 0.15) is 11.3 Å². The van der Waals surface area contributed by atoms with Crippen LogP contribution in [0.1, 0.15) is 36.0 Å². The van der Waals surface area contributed by atoms with Crippen LogP contribution in [-0.4, -0.2) is 19.1 Å². The number of hydrogen-bond acceptors (Lipinski definition) is 3. The molecule has 1 aliphatic rings. The van der Waals surface area contributed by atoms with Crippen LogP contribution in [0.5, 0.6) is 5.75 Å². The van der Waals surface area contributed by atoms with E-state index in [2.05, 4.69) is 21.2 Å². The second-order valence-electron chi connectivity index (χ2n) is 5.10. The predicted molar refractivity (Wildman–Crippen MR) is 80.2 cm³/mol. The van der Waals surface area contributed by atoms with Crippen molar-refractivity contribution in [3.05, 3.63) is 28.4 Å². The summed E-state index contributed by atoms with van der Waals surface area (Å²) in [5, 5.41) is 3.93. The van der Waals surface area contributed by atoms with Gasteiger partial charge in [0.25, 0.3) is 5.91 Å². The highest BCUT2D eigenvalue weighted by Gasteiger charge is 2.19. The van der Waals surface area contributed by atoms with E-state index >= 15 is 0 Å². The molecule has 1 amide bonds. The monoisotopic (exact) mass is 337 g/mol. The summed E-state index contributed by atoms with van der Waals surface area (Å²) in [6.07, 6.45) is 4.52. The number of hydrogen-bond donors (Lipinski definition) is 1. The summed E-state index contributed by atoms with van der Waals surface area (Å²) in [6.45, 7) is 0. The molecule has 4 nitrogen and oxygen atoms in total. The molecule has 0 atom stereocenters. The van der Waals surface area contributed by atoms with E-state index in [1.54, 1.807) is 19.2 Å². The number of carbonyl (C=O) groups excluding carboxylic acids is 1. The minimum absolute atomic E-state index is 0.0652. The highest BCUT2D eigenvalue weighted by atomic mass is 79.9. The summed E-state index contributed by atoms with van der Waals surface area (Å²) in [5.74, 6) is 0.582. The Morgan fingerprint density at radius 3 is 2.80 bits per heavy atom. The van der Waals surface area contributed by atoms with E-state index in [4.69, 9.17) is 9.15 Å². The van der Waals surface area contributed by atoms with Gasteiger partial charge in [-0.15, -0.1) is 0 Å². The summed E-state index contributed by atoms with van der Waals surface area (Å²) >= 11 is 3.30. The molecule has 106 valence electrons. The third-order valence-electron chi connectivity index (χ3n) is 3.74. The second-order valence-corrected chi connectivity index (χ2v) is 5.88. The van der Waals surface area contributed by atoms with Crippen LogP contribution in [0.25, 0.3) is 11.0 Å². The molecular weight excluding hydrogens is 322 g/mol. The third-order valence-corrected chi connectivity index (χ3v) is 4.13. The highest BCUT2D eigenvalue weighted by Crippen LogP contribution is 2.32. The largest absolute Gasteiger partial charge is 0.496 e. The first-order valence-electron chi connectivity index (χ1n) is 6.75. The SMILES string of the molecule is COc1cc(C(=O)NC2CCCC2)cc2oc(Br)cc12. The van der Waals surface area contributed by atoms with Crippen LogP contribution in [0.4, 0.5) is 0 Å². The molecule has 0 aliphatic heterocycles. The zero-order valence-electron chi connectivity index (χ0n) is 11.2. The summed E-state index contributed by atoms with van der Waals surface area (Å²) in [4.78, 5) is 12.3. The lowest BCUT2D eigenvalue weighted by Crippen LogP contribution is -2.32. The van der Waals surface area contributed by atoms with Crippen molar-refractivity contribution in [2.75, 3.05) is 7.11 Å². The standard InChI is InChI=1S/C15H16BrNO3/c1-19-12-6-9(7-13-11(12)8-14(16)20-13)15(18)17-10-4-2-3-5-10/h6-8,10H,2-5H2,1H3,(H,17,18). The Morgan fingerprint density at radius 2 is 2.10 bits per heavy atom. The highest BCUT2D eigenvalue weighted by molar-refractivity contribution is 9.10.